The first kappa shape index (κ1) is 17.6. The van der Waals surface area contributed by atoms with Crippen molar-refractivity contribution in [2.24, 2.45) is 0 Å². The monoisotopic (exact) mass is 355 g/mol. The molecule has 5 heteroatoms. The molecule has 0 saturated heterocycles. The molecule has 1 atom stereocenters. The van der Waals surface area contributed by atoms with Gasteiger partial charge in [0.1, 0.15) is 5.82 Å². The number of aryl methyl sites for hydroxylation is 1. The van der Waals surface area contributed by atoms with Crippen molar-refractivity contribution in [3.05, 3.63) is 63.4 Å². The predicted molar refractivity (Wildman–Crippen MR) is 104 cm³/mol. The summed E-state index contributed by atoms with van der Waals surface area (Å²) in [5.41, 5.74) is 2.57. The minimum absolute atomic E-state index is 0.0622. The number of fused-ring (bicyclic) bond motifs is 1. The van der Waals surface area contributed by atoms with Crippen molar-refractivity contribution in [2.75, 3.05) is 6.54 Å². The summed E-state index contributed by atoms with van der Waals surface area (Å²) in [6.45, 7) is 7.55. The average Bonchev–Trinajstić information content (AvgIpc) is 2.59. The molecule has 25 heavy (non-hydrogen) atoms. The van der Waals surface area contributed by atoms with Crippen molar-refractivity contribution in [2.45, 2.75) is 33.4 Å². The fourth-order valence-electron chi connectivity index (χ4n) is 2.99. The molecule has 0 fully saturated rings. The van der Waals surface area contributed by atoms with Gasteiger partial charge in [-0.2, -0.15) is 0 Å². The molecule has 1 heterocycles. The Labute approximate surface area is 152 Å². The topological polar surface area (TPSA) is 46.9 Å². The summed E-state index contributed by atoms with van der Waals surface area (Å²) in [6, 6.07) is 13.5. The van der Waals surface area contributed by atoms with Gasteiger partial charge in [-0.15, -0.1) is 0 Å². The molecule has 0 saturated carbocycles. The summed E-state index contributed by atoms with van der Waals surface area (Å²) in [7, 11) is 0. The van der Waals surface area contributed by atoms with Gasteiger partial charge >= 0.3 is 0 Å². The molecule has 0 aliphatic rings. The molecule has 2 aromatic carbocycles. The lowest BCUT2D eigenvalue weighted by Gasteiger charge is -2.18. The van der Waals surface area contributed by atoms with Gasteiger partial charge in [0, 0.05) is 18.2 Å². The van der Waals surface area contributed by atoms with E-state index in [2.05, 4.69) is 19.2 Å². The molecule has 0 bridgehead atoms. The molecule has 0 spiro atoms. The number of nitrogens with one attached hydrogen (secondary N) is 1. The van der Waals surface area contributed by atoms with Gasteiger partial charge in [0.15, 0.2) is 0 Å². The van der Waals surface area contributed by atoms with E-state index >= 15 is 0 Å². The van der Waals surface area contributed by atoms with Crippen molar-refractivity contribution in [3.8, 4) is 11.4 Å². The lowest BCUT2D eigenvalue weighted by molar-refractivity contribution is 0.483. The Balaban J connectivity index is 2.26. The van der Waals surface area contributed by atoms with Crippen molar-refractivity contribution >= 4 is 22.5 Å². The Morgan fingerprint density at radius 1 is 1.20 bits per heavy atom. The standard InChI is InChI=1S/C20H22ClN3O/c1-4-22-14(3)12-24-19(15-10-8-13(2)9-11-15)23-18-16(20(24)25)6-5-7-17(18)21/h5-11,14,22H,4,12H2,1-3H3. The second-order valence-electron chi connectivity index (χ2n) is 6.31. The zero-order valence-electron chi connectivity index (χ0n) is 14.7. The van der Waals surface area contributed by atoms with Crippen LogP contribution < -0.4 is 10.9 Å². The predicted octanol–water partition coefficient (Wildman–Crippen LogP) is 4.02. The molecule has 3 aromatic rings. The Bertz CT molecular complexity index is 948. The normalized spacial score (nSPS) is 12.5. The van der Waals surface area contributed by atoms with Crippen LogP contribution >= 0.6 is 11.6 Å². The van der Waals surface area contributed by atoms with Crippen LogP contribution in [0, 0.1) is 6.92 Å². The summed E-state index contributed by atoms with van der Waals surface area (Å²) in [5, 5.41) is 4.40. The lowest BCUT2D eigenvalue weighted by Crippen LogP contribution is -2.35. The largest absolute Gasteiger partial charge is 0.313 e. The molecule has 0 amide bonds. The number of halogens is 1. The third-order valence-corrected chi connectivity index (χ3v) is 4.56. The fraction of sp³-hybridized carbons (Fsp3) is 0.300. The fourth-order valence-corrected chi connectivity index (χ4v) is 3.21. The Morgan fingerprint density at radius 3 is 2.60 bits per heavy atom. The highest BCUT2D eigenvalue weighted by Gasteiger charge is 2.16. The van der Waals surface area contributed by atoms with Crippen LogP contribution in [0.2, 0.25) is 5.02 Å². The second kappa shape index (κ2) is 7.38. The number of hydrogen-bond acceptors (Lipinski definition) is 3. The molecule has 130 valence electrons. The van der Waals surface area contributed by atoms with E-state index in [1.54, 1.807) is 22.8 Å². The summed E-state index contributed by atoms with van der Waals surface area (Å²) in [4.78, 5) is 17.9. The second-order valence-corrected chi connectivity index (χ2v) is 6.72. The molecule has 1 unspecified atom stereocenters. The summed E-state index contributed by atoms with van der Waals surface area (Å²) < 4.78 is 1.75. The number of aromatic nitrogens is 2. The lowest BCUT2D eigenvalue weighted by atomic mass is 10.1. The molecular weight excluding hydrogens is 334 g/mol. The maximum atomic E-state index is 13.1. The van der Waals surface area contributed by atoms with Crippen molar-refractivity contribution in [3.63, 3.8) is 0 Å². The van der Waals surface area contributed by atoms with Gasteiger partial charge in [-0.3, -0.25) is 9.36 Å². The molecule has 1 aromatic heterocycles. The van der Waals surface area contributed by atoms with Crippen LogP contribution in [0.15, 0.2) is 47.3 Å². The van der Waals surface area contributed by atoms with E-state index in [-0.39, 0.29) is 11.6 Å². The van der Waals surface area contributed by atoms with Gasteiger partial charge in [0.2, 0.25) is 0 Å². The molecule has 0 aliphatic heterocycles. The molecule has 0 radical (unpaired) electrons. The smallest absolute Gasteiger partial charge is 0.261 e. The third kappa shape index (κ3) is 3.60. The van der Waals surface area contributed by atoms with Gasteiger partial charge in [-0.05, 0) is 32.5 Å². The summed E-state index contributed by atoms with van der Waals surface area (Å²) in [6.07, 6.45) is 0. The highest BCUT2D eigenvalue weighted by atomic mass is 35.5. The number of rotatable bonds is 5. The van der Waals surface area contributed by atoms with Crippen molar-refractivity contribution < 1.29 is 0 Å². The van der Waals surface area contributed by atoms with Gasteiger partial charge in [-0.1, -0.05) is 54.4 Å². The van der Waals surface area contributed by atoms with Gasteiger partial charge in [0.05, 0.1) is 15.9 Å². The van der Waals surface area contributed by atoms with Crippen LogP contribution in [-0.4, -0.2) is 22.1 Å². The maximum absolute atomic E-state index is 13.1. The first-order chi connectivity index (χ1) is 12.0. The van der Waals surface area contributed by atoms with Crippen LogP contribution in [0.25, 0.3) is 22.3 Å². The maximum Gasteiger partial charge on any atom is 0.261 e. The Kier molecular flexibility index (Phi) is 5.21. The molecule has 3 rings (SSSR count). The van der Waals surface area contributed by atoms with Crippen LogP contribution in [-0.2, 0) is 6.54 Å². The number of nitrogens with zero attached hydrogens (tertiary/aromatic N) is 2. The molecular formula is C20H22ClN3O. The average molecular weight is 356 g/mol. The van der Waals surface area contributed by atoms with Crippen LogP contribution in [0.4, 0.5) is 0 Å². The zero-order chi connectivity index (χ0) is 18.0. The van der Waals surface area contributed by atoms with E-state index in [9.17, 15) is 4.79 Å². The number of para-hydroxylation sites is 1. The van der Waals surface area contributed by atoms with Crippen LogP contribution in [0.3, 0.4) is 0 Å². The zero-order valence-corrected chi connectivity index (χ0v) is 15.5. The highest BCUT2D eigenvalue weighted by Crippen LogP contribution is 2.24. The van der Waals surface area contributed by atoms with Gasteiger partial charge in [-0.25, -0.2) is 4.98 Å². The van der Waals surface area contributed by atoms with E-state index in [0.717, 1.165) is 17.7 Å². The minimum Gasteiger partial charge on any atom is -0.313 e. The Morgan fingerprint density at radius 2 is 1.92 bits per heavy atom. The molecule has 4 nitrogen and oxygen atoms in total. The number of likely N-dealkylation sites (N-methyl/N-ethyl adjacent to an activating group) is 1. The van der Waals surface area contributed by atoms with E-state index < -0.39 is 0 Å². The third-order valence-electron chi connectivity index (χ3n) is 4.25. The van der Waals surface area contributed by atoms with E-state index in [1.165, 1.54) is 0 Å². The Hall–Kier alpha value is -2.17. The first-order valence-corrected chi connectivity index (χ1v) is 8.88. The SMILES string of the molecule is CCNC(C)Cn1c(-c2ccc(C)cc2)nc2c(Cl)cccc2c1=O. The minimum atomic E-state index is -0.0622. The van der Waals surface area contributed by atoms with Gasteiger partial charge in [0.25, 0.3) is 5.56 Å². The quantitative estimate of drug-likeness (QED) is 0.751. The van der Waals surface area contributed by atoms with E-state index in [1.807, 2.05) is 31.2 Å². The highest BCUT2D eigenvalue weighted by molar-refractivity contribution is 6.35. The van der Waals surface area contributed by atoms with Gasteiger partial charge < -0.3 is 5.32 Å². The number of hydrogen-bond donors (Lipinski definition) is 1. The van der Waals surface area contributed by atoms with Crippen molar-refractivity contribution in [1.29, 1.82) is 0 Å². The van der Waals surface area contributed by atoms with Crippen molar-refractivity contribution in [1.82, 2.24) is 14.9 Å². The van der Waals surface area contributed by atoms with Crippen LogP contribution in [0.5, 0.6) is 0 Å². The summed E-state index contributed by atoms with van der Waals surface area (Å²) in [5.74, 6) is 0.648. The molecule has 0 aliphatic carbocycles. The van der Waals surface area contributed by atoms with E-state index in [0.29, 0.717) is 28.3 Å². The first-order valence-electron chi connectivity index (χ1n) is 8.50. The number of benzene rings is 2. The molecule has 1 N–H and O–H groups in total. The van der Waals surface area contributed by atoms with E-state index in [4.69, 9.17) is 16.6 Å². The summed E-state index contributed by atoms with van der Waals surface area (Å²) >= 11 is 6.30. The van der Waals surface area contributed by atoms with Crippen LogP contribution in [0.1, 0.15) is 19.4 Å².